The lowest BCUT2D eigenvalue weighted by atomic mass is 9.80. The van der Waals surface area contributed by atoms with Crippen molar-refractivity contribution in [3.8, 4) is 17.9 Å². The van der Waals surface area contributed by atoms with Crippen molar-refractivity contribution in [1.82, 2.24) is 0 Å². The number of halogens is 3. The molecule has 3 nitrogen and oxygen atoms in total. The number of benzene rings is 1. The Bertz CT molecular complexity index is 563. The monoisotopic (exact) mass is 294 g/mol. The van der Waals surface area contributed by atoms with Crippen LogP contribution in [0.5, 0.6) is 5.75 Å². The van der Waals surface area contributed by atoms with Crippen LogP contribution in [0.1, 0.15) is 24.8 Å². The van der Waals surface area contributed by atoms with Gasteiger partial charge in [-0.25, -0.2) is 0 Å². The molecular weight excluding hydrogens is 281 g/mol. The molecule has 0 aliphatic heterocycles. The summed E-state index contributed by atoms with van der Waals surface area (Å²) in [4.78, 5) is 0. The predicted octanol–water partition coefficient (Wildman–Crippen LogP) is 3.96. The lowest BCUT2D eigenvalue weighted by molar-refractivity contribution is -0.274. The molecule has 0 aromatic heterocycles. The van der Waals surface area contributed by atoms with E-state index in [2.05, 4.69) is 16.9 Å². The topological polar surface area (TPSA) is 56.8 Å². The van der Waals surface area contributed by atoms with E-state index in [1.165, 1.54) is 24.3 Å². The molecule has 1 saturated carbocycles. The minimum Gasteiger partial charge on any atom is -0.406 e. The fourth-order valence-electron chi connectivity index (χ4n) is 2.24. The van der Waals surface area contributed by atoms with Crippen molar-refractivity contribution in [2.75, 3.05) is 0 Å². The average Bonchev–Trinajstić information content (AvgIpc) is 3.22. The van der Waals surface area contributed by atoms with E-state index in [9.17, 15) is 23.7 Å². The van der Waals surface area contributed by atoms with Gasteiger partial charge in [0.25, 0.3) is 0 Å². The molecule has 0 saturated heterocycles. The van der Waals surface area contributed by atoms with Crippen LogP contribution in [-0.4, -0.2) is 6.36 Å². The first-order valence-electron chi connectivity index (χ1n) is 6.53. The van der Waals surface area contributed by atoms with Crippen molar-refractivity contribution in [1.29, 1.82) is 10.5 Å². The fraction of sp³-hybridized carbons (Fsp3) is 0.467. The largest absolute Gasteiger partial charge is 0.573 e. The smallest absolute Gasteiger partial charge is 0.406 e. The van der Waals surface area contributed by atoms with E-state index in [1.807, 2.05) is 0 Å². The van der Waals surface area contributed by atoms with Crippen molar-refractivity contribution in [2.45, 2.75) is 32.0 Å². The molecule has 1 fully saturated rings. The summed E-state index contributed by atoms with van der Waals surface area (Å²) in [5.41, 5.74) is -0.457. The number of nitriles is 2. The van der Waals surface area contributed by atoms with Gasteiger partial charge in [-0.1, -0.05) is 25.0 Å². The van der Waals surface area contributed by atoms with E-state index in [0.717, 1.165) is 12.8 Å². The summed E-state index contributed by atoms with van der Waals surface area (Å²) in [6.07, 6.45) is -1.94. The maximum atomic E-state index is 12.1. The van der Waals surface area contributed by atoms with Crippen LogP contribution in [0.2, 0.25) is 0 Å². The zero-order valence-corrected chi connectivity index (χ0v) is 11.2. The summed E-state index contributed by atoms with van der Waals surface area (Å²) in [6.45, 7) is 0. The second kappa shape index (κ2) is 5.65. The fourth-order valence-corrected chi connectivity index (χ4v) is 2.24. The van der Waals surface area contributed by atoms with Crippen LogP contribution in [0.25, 0.3) is 0 Å². The van der Waals surface area contributed by atoms with E-state index in [0.29, 0.717) is 17.9 Å². The molecule has 0 spiro atoms. The second-order valence-electron chi connectivity index (χ2n) is 5.32. The predicted molar refractivity (Wildman–Crippen MR) is 67.8 cm³/mol. The summed E-state index contributed by atoms with van der Waals surface area (Å²) in [5, 5.41) is 18.6. The Kier molecular flexibility index (Phi) is 4.09. The van der Waals surface area contributed by atoms with Gasteiger partial charge in [-0.3, -0.25) is 0 Å². The lowest BCUT2D eigenvalue weighted by Crippen LogP contribution is -2.20. The molecule has 1 aliphatic carbocycles. The van der Waals surface area contributed by atoms with Crippen molar-refractivity contribution >= 4 is 0 Å². The average molecular weight is 294 g/mol. The third kappa shape index (κ3) is 4.39. The molecule has 0 N–H and O–H groups in total. The van der Waals surface area contributed by atoms with E-state index >= 15 is 0 Å². The normalized spacial score (nSPS) is 15.1. The van der Waals surface area contributed by atoms with E-state index < -0.39 is 11.8 Å². The third-order valence-electron chi connectivity index (χ3n) is 3.42. The van der Waals surface area contributed by atoms with Gasteiger partial charge in [0.05, 0.1) is 12.1 Å². The molecular formula is C15H13F3N2O. The Morgan fingerprint density at radius 1 is 1.10 bits per heavy atom. The highest BCUT2D eigenvalue weighted by atomic mass is 19.4. The van der Waals surface area contributed by atoms with E-state index in [-0.39, 0.29) is 12.2 Å². The van der Waals surface area contributed by atoms with Gasteiger partial charge in [0.1, 0.15) is 11.2 Å². The number of alkyl halides is 3. The number of ether oxygens (including phenoxy) is 1. The molecule has 110 valence electrons. The summed E-state index contributed by atoms with van der Waals surface area (Å²) in [6, 6.07) is 9.43. The Labute approximate surface area is 120 Å². The molecule has 6 heteroatoms. The Balaban J connectivity index is 2.08. The number of nitrogens with zero attached hydrogens (tertiary/aromatic N) is 2. The van der Waals surface area contributed by atoms with Crippen molar-refractivity contribution in [3.05, 3.63) is 29.8 Å². The van der Waals surface area contributed by atoms with E-state index in [4.69, 9.17) is 0 Å². The van der Waals surface area contributed by atoms with Crippen molar-refractivity contribution < 1.29 is 17.9 Å². The minimum absolute atomic E-state index is 0.211. The van der Waals surface area contributed by atoms with Gasteiger partial charge in [-0.15, -0.1) is 13.2 Å². The Hall–Kier alpha value is -2.21. The standard InChI is InChI=1S/C15H13F3N2O/c16-15(17,18)21-13-5-3-12(4-6-13)8-14(9-19,10-20)7-11-1-2-11/h3-6,11H,1-2,7-8H2. The highest BCUT2D eigenvalue weighted by Crippen LogP contribution is 2.41. The molecule has 21 heavy (non-hydrogen) atoms. The van der Waals surface area contributed by atoms with Gasteiger partial charge in [-0.2, -0.15) is 10.5 Å². The van der Waals surface area contributed by atoms with Crippen molar-refractivity contribution in [3.63, 3.8) is 0 Å². The zero-order valence-electron chi connectivity index (χ0n) is 11.2. The molecule has 0 atom stereocenters. The first kappa shape index (κ1) is 15.2. The zero-order chi connectivity index (χ0) is 15.5. The van der Waals surface area contributed by atoms with Gasteiger partial charge >= 0.3 is 6.36 Å². The highest BCUT2D eigenvalue weighted by molar-refractivity contribution is 5.31. The van der Waals surface area contributed by atoms with Crippen LogP contribution in [-0.2, 0) is 6.42 Å². The second-order valence-corrected chi connectivity index (χ2v) is 5.32. The van der Waals surface area contributed by atoms with Gasteiger partial charge < -0.3 is 4.74 Å². The van der Waals surface area contributed by atoms with Gasteiger partial charge in [0, 0.05) is 6.42 Å². The summed E-state index contributed by atoms with van der Waals surface area (Å²) < 4.78 is 40.0. The van der Waals surface area contributed by atoms with Crippen LogP contribution < -0.4 is 4.74 Å². The Morgan fingerprint density at radius 3 is 2.10 bits per heavy atom. The third-order valence-corrected chi connectivity index (χ3v) is 3.42. The molecule has 0 unspecified atom stereocenters. The van der Waals surface area contributed by atoms with Crippen LogP contribution in [0.15, 0.2) is 24.3 Å². The molecule has 0 bridgehead atoms. The molecule has 1 aromatic rings. The molecule has 0 amide bonds. The minimum atomic E-state index is -4.73. The molecule has 0 heterocycles. The maximum Gasteiger partial charge on any atom is 0.573 e. The van der Waals surface area contributed by atoms with Crippen molar-refractivity contribution in [2.24, 2.45) is 11.3 Å². The molecule has 0 radical (unpaired) electrons. The van der Waals surface area contributed by atoms with Gasteiger partial charge in [0.15, 0.2) is 0 Å². The molecule has 2 rings (SSSR count). The van der Waals surface area contributed by atoms with Crippen LogP contribution >= 0.6 is 0 Å². The highest BCUT2D eigenvalue weighted by Gasteiger charge is 2.38. The van der Waals surface area contributed by atoms with Crippen LogP contribution in [0.3, 0.4) is 0 Å². The number of hydrogen-bond donors (Lipinski definition) is 0. The van der Waals surface area contributed by atoms with E-state index in [1.54, 1.807) is 0 Å². The summed E-state index contributed by atoms with van der Waals surface area (Å²) >= 11 is 0. The van der Waals surface area contributed by atoms with Crippen LogP contribution in [0.4, 0.5) is 13.2 Å². The summed E-state index contributed by atoms with van der Waals surface area (Å²) in [5.74, 6) is 0.102. The maximum absolute atomic E-state index is 12.1. The quantitative estimate of drug-likeness (QED) is 0.825. The number of hydrogen-bond acceptors (Lipinski definition) is 3. The first-order valence-corrected chi connectivity index (χ1v) is 6.53. The number of rotatable bonds is 5. The molecule has 1 aliphatic rings. The van der Waals surface area contributed by atoms with Crippen LogP contribution in [0, 0.1) is 34.0 Å². The Morgan fingerprint density at radius 2 is 1.67 bits per heavy atom. The molecule has 1 aromatic carbocycles. The summed E-state index contributed by atoms with van der Waals surface area (Å²) in [7, 11) is 0. The lowest BCUT2D eigenvalue weighted by Gasteiger charge is -2.18. The SMILES string of the molecule is N#CC(C#N)(Cc1ccc(OC(F)(F)F)cc1)CC1CC1. The first-order chi connectivity index (χ1) is 9.86. The van der Waals surface area contributed by atoms with Gasteiger partial charge in [0.2, 0.25) is 0 Å². The van der Waals surface area contributed by atoms with Gasteiger partial charge in [-0.05, 0) is 30.0 Å².